The Kier molecular flexibility index (Phi) is 3.55. The molecule has 0 aliphatic carbocycles. The van der Waals surface area contributed by atoms with E-state index in [0.717, 1.165) is 5.69 Å². The summed E-state index contributed by atoms with van der Waals surface area (Å²) in [5.74, 6) is 0.221. The topological polar surface area (TPSA) is 67.2 Å². The molecule has 0 atom stereocenters. The highest BCUT2D eigenvalue weighted by atomic mass is 16.3. The second-order valence-corrected chi connectivity index (χ2v) is 4.73. The van der Waals surface area contributed by atoms with Gasteiger partial charge < -0.3 is 10.4 Å². The molecule has 5 nitrogen and oxygen atoms in total. The minimum absolute atomic E-state index is 0.165. The van der Waals surface area contributed by atoms with Crippen LogP contribution in [0.15, 0.2) is 30.3 Å². The molecule has 2 aromatic rings. The van der Waals surface area contributed by atoms with Crippen LogP contribution in [0.1, 0.15) is 35.9 Å². The van der Waals surface area contributed by atoms with Crippen LogP contribution in [0.2, 0.25) is 0 Å². The maximum atomic E-state index is 12.0. The molecule has 2 N–H and O–H groups in total. The Hall–Kier alpha value is -2.30. The minimum Gasteiger partial charge on any atom is -0.508 e. The van der Waals surface area contributed by atoms with E-state index in [9.17, 15) is 9.90 Å². The van der Waals surface area contributed by atoms with Crippen LogP contribution in [-0.4, -0.2) is 20.8 Å². The monoisotopic (exact) mass is 259 g/mol. The number of benzene rings is 1. The lowest BCUT2D eigenvalue weighted by atomic mass is 10.1. The second kappa shape index (κ2) is 5.14. The molecule has 19 heavy (non-hydrogen) atoms. The number of nitrogens with zero attached hydrogens (tertiary/aromatic N) is 2. The molecule has 0 bridgehead atoms. The number of nitrogens with one attached hydrogen (secondary N) is 1. The number of carbonyl (C=O) groups excluding carboxylic acids is 1. The summed E-state index contributed by atoms with van der Waals surface area (Å²) in [6.45, 7) is 4.11. The molecule has 100 valence electrons. The van der Waals surface area contributed by atoms with Gasteiger partial charge in [0.05, 0.1) is 0 Å². The van der Waals surface area contributed by atoms with Crippen LogP contribution in [0.25, 0.3) is 0 Å². The summed E-state index contributed by atoms with van der Waals surface area (Å²) in [7, 11) is 1.83. The molecular weight excluding hydrogens is 242 g/mol. The third-order valence-corrected chi connectivity index (χ3v) is 2.87. The molecule has 1 heterocycles. The van der Waals surface area contributed by atoms with Crippen molar-refractivity contribution in [3.63, 3.8) is 0 Å². The van der Waals surface area contributed by atoms with Crippen molar-refractivity contribution in [2.24, 2.45) is 7.05 Å². The zero-order valence-corrected chi connectivity index (χ0v) is 11.2. The Morgan fingerprint density at radius 2 is 1.95 bits per heavy atom. The first-order valence-corrected chi connectivity index (χ1v) is 6.11. The lowest BCUT2D eigenvalue weighted by Crippen LogP contribution is -2.12. The number of carbonyl (C=O) groups is 1. The van der Waals surface area contributed by atoms with E-state index >= 15 is 0 Å². The number of phenols is 1. The quantitative estimate of drug-likeness (QED) is 0.832. The smallest absolute Gasteiger partial charge is 0.276 e. The van der Waals surface area contributed by atoms with E-state index in [4.69, 9.17) is 0 Å². The molecule has 0 spiro atoms. The highest BCUT2D eigenvalue weighted by molar-refractivity contribution is 6.02. The Morgan fingerprint density at radius 3 is 2.47 bits per heavy atom. The second-order valence-electron chi connectivity index (χ2n) is 4.73. The number of hydrogen-bond donors (Lipinski definition) is 2. The fourth-order valence-electron chi connectivity index (χ4n) is 1.87. The fraction of sp³-hybridized carbons (Fsp3) is 0.286. The van der Waals surface area contributed by atoms with Gasteiger partial charge in [-0.05, 0) is 36.2 Å². The molecule has 0 aliphatic rings. The number of hydrogen-bond acceptors (Lipinski definition) is 3. The maximum Gasteiger partial charge on any atom is 0.276 e. The third-order valence-electron chi connectivity index (χ3n) is 2.87. The normalized spacial score (nSPS) is 10.7. The average Bonchev–Trinajstić information content (AvgIpc) is 2.74. The van der Waals surface area contributed by atoms with Crippen LogP contribution in [0.5, 0.6) is 5.75 Å². The van der Waals surface area contributed by atoms with Crippen molar-refractivity contribution >= 4 is 11.6 Å². The van der Waals surface area contributed by atoms with E-state index in [-0.39, 0.29) is 11.7 Å². The first-order valence-electron chi connectivity index (χ1n) is 6.11. The van der Waals surface area contributed by atoms with Crippen LogP contribution in [0.4, 0.5) is 5.69 Å². The van der Waals surface area contributed by atoms with Gasteiger partial charge in [-0.15, -0.1) is 0 Å². The van der Waals surface area contributed by atoms with E-state index in [1.165, 1.54) is 12.1 Å². The van der Waals surface area contributed by atoms with Crippen LogP contribution < -0.4 is 5.32 Å². The van der Waals surface area contributed by atoms with Crippen molar-refractivity contribution in [2.75, 3.05) is 5.32 Å². The van der Waals surface area contributed by atoms with Crippen molar-refractivity contribution in [1.29, 1.82) is 0 Å². The maximum absolute atomic E-state index is 12.0. The number of aromatic nitrogens is 2. The Labute approximate surface area is 111 Å². The molecule has 0 saturated carbocycles. The van der Waals surface area contributed by atoms with E-state index < -0.39 is 0 Å². The lowest BCUT2D eigenvalue weighted by molar-refractivity contribution is 0.102. The number of aromatic hydroxyl groups is 1. The molecular formula is C14H17N3O2. The number of phenolic OH excluding ortho intramolecular Hbond substituents is 1. The molecule has 0 fully saturated rings. The number of aryl methyl sites for hydroxylation is 1. The molecule has 0 saturated heterocycles. The molecule has 1 aromatic carbocycles. The fourth-order valence-corrected chi connectivity index (χ4v) is 1.87. The van der Waals surface area contributed by atoms with Crippen LogP contribution in [0.3, 0.4) is 0 Å². The van der Waals surface area contributed by atoms with E-state index in [2.05, 4.69) is 24.3 Å². The first kappa shape index (κ1) is 13.1. The van der Waals surface area contributed by atoms with Crippen LogP contribution in [-0.2, 0) is 7.05 Å². The molecule has 0 radical (unpaired) electrons. The van der Waals surface area contributed by atoms with Crippen molar-refractivity contribution in [3.8, 4) is 5.75 Å². The van der Waals surface area contributed by atoms with Gasteiger partial charge >= 0.3 is 0 Å². The van der Waals surface area contributed by atoms with Crippen molar-refractivity contribution in [3.05, 3.63) is 41.7 Å². The highest BCUT2D eigenvalue weighted by Gasteiger charge is 2.14. The van der Waals surface area contributed by atoms with E-state index in [0.29, 0.717) is 17.3 Å². The van der Waals surface area contributed by atoms with Crippen molar-refractivity contribution in [2.45, 2.75) is 19.8 Å². The zero-order valence-electron chi connectivity index (χ0n) is 11.2. The van der Waals surface area contributed by atoms with Gasteiger partial charge in [0.2, 0.25) is 0 Å². The molecule has 5 heteroatoms. The van der Waals surface area contributed by atoms with Gasteiger partial charge in [-0.3, -0.25) is 9.48 Å². The minimum atomic E-state index is -0.256. The predicted molar refractivity (Wildman–Crippen MR) is 73.4 cm³/mol. The van der Waals surface area contributed by atoms with Gasteiger partial charge in [-0.2, -0.15) is 5.10 Å². The van der Waals surface area contributed by atoms with Gasteiger partial charge in [0.15, 0.2) is 5.69 Å². The average molecular weight is 259 g/mol. The summed E-state index contributed by atoms with van der Waals surface area (Å²) in [4.78, 5) is 12.0. The summed E-state index contributed by atoms with van der Waals surface area (Å²) in [5.41, 5.74) is 2.02. The van der Waals surface area contributed by atoms with Crippen molar-refractivity contribution in [1.82, 2.24) is 9.78 Å². The molecule has 2 rings (SSSR count). The highest BCUT2D eigenvalue weighted by Crippen LogP contribution is 2.17. The number of amides is 1. The van der Waals surface area contributed by atoms with Gasteiger partial charge in [-0.25, -0.2) is 0 Å². The SMILES string of the molecule is CC(C)c1cc(C(=O)Nc2ccc(O)cc2)nn1C. The van der Waals surface area contributed by atoms with E-state index in [1.807, 2.05) is 7.05 Å². The summed E-state index contributed by atoms with van der Waals surface area (Å²) in [6.07, 6.45) is 0. The third kappa shape index (κ3) is 2.93. The Bertz CT molecular complexity index is 585. The Balaban J connectivity index is 2.16. The largest absolute Gasteiger partial charge is 0.508 e. The van der Waals surface area contributed by atoms with Crippen LogP contribution in [0, 0.1) is 0 Å². The van der Waals surface area contributed by atoms with Gasteiger partial charge in [0.25, 0.3) is 5.91 Å². The first-order chi connectivity index (χ1) is 8.97. The van der Waals surface area contributed by atoms with Gasteiger partial charge in [-0.1, -0.05) is 13.8 Å². The molecule has 1 aromatic heterocycles. The lowest BCUT2D eigenvalue weighted by Gasteiger charge is -2.02. The standard InChI is InChI=1S/C14H17N3O2/c1-9(2)13-8-12(16-17(13)3)14(19)15-10-4-6-11(18)7-5-10/h4-9,18H,1-3H3,(H,15,19). The predicted octanol–water partition coefficient (Wildman–Crippen LogP) is 2.50. The van der Waals surface area contributed by atoms with Gasteiger partial charge in [0.1, 0.15) is 5.75 Å². The molecule has 1 amide bonds. The summed E-state index contributed by atoms with van der Waals surface area (Å²) >= 11 is 0. The van der Waals surface area contributed by atoms with E-state index in [1.54, 1.807) is 22.9 Å². The summed E-state index contributed by atoms with van der Waals surface area (Å²) < 4.78 is 1.72. The molecule has 0 aliphatic heterocycles. The number of rotatable bonds is 3. The Morgan fingerprint density at radius 1 is 1.32 bits per heavy atom. The molecule has 0 unspecified atom stereocenters. The van der Waals surface area contributed by atoms with Gasteiger partial charge in [0, 0.05) is 18.4 Å². The van der Waals surface area contributed by atoms with Crippen molar-refractivity contribution < 1.29 is 9.90 Å². The summed E-state index contributed by atoms with van der Waals surface area (Å²) in [5, 5.41) is 16.1. The van der Waals surface area contributed by atoms with Crippen LogP contribution >= 0.6 is 0 Å². The zero-order chi connectivity index (χ0) is 14.0. The summed E-state index contributed by atoms with van der Waals surface area (Å²) in [6, 6.07) is 8.11. The number of anilines is 1.